The smallest absolute Gasteiger partial charge is 0.225 e. The summed E-state index contributed by atoms with van der Waals surface area (Å²) in [6, 6.07) is 5.33. The predicted octanol–water partition coefficient (Wildman–Crippen LogP) is 0.117. The van der Waals surface area contributed by atoms with Crippen molar-refractivity contribution in [3.05, 3.63) is 24.3 Å². The first-order valence-electron chi connectivity index (χ1n) is 5.34. The zero-order valence-electron chi connectivity index (χ0n) is 9.78. The quantitative estimate of drug-likeness (QED) is 0.851. The lowest BCUT2D eigenvalue weighted by atomic mass is 10.4. The van der Waals surface area contributed by atoms with Gasteiger partial charge in [-0.1, -0.05) is 12.1 Å². The SMILES string of the molecule is CN(C1CC1)S(=O)(=O)c1ccccc1S(N)(=O)=O. The van der Waals surface area contributed by atoms with Gasteiger partial charge in [0.2, 0.25) is 20.0 Å². The van der Waals surface area contributed by atoms with Crippen LogP contribution in [-0.4, -0.2) is 34.2 Å². The molecule has 1 aromatic rings. The maximum atomic E-state index is 12.3. The topological polar surface area (TPSA) is 97.5 Å². The second-order valence-corrected chi connectivity index (χ2v) is 7.74. The molecule has 0 bridgehead atoms. The Kier molecular flexibility index (Phi) is 3.22. The zero-order valence-corrected chi connectivity index (χ0v) is 11.4. The van der Waals surface area contributed by atoms with Gasteiger partial charge in [0.15, 0.2) is 0 Å². The van der Waals surface area contributed by atoms with Crippen LogP contribution in [0.1, 0.15) is 12.8 Å². The number of rotatable bonds is 4. The summed E-state index contributed by atoms with van der Waals surface area (Å²) < 4.78 is 48.6. The van der Waals surface area contributed by atoms with Gasteiger partial charge in [-0.25, -0.2) is 22.0 Å². The first kappa shape index (κ1) is 13.5. The summed E-state index contributed by atoms with van der Waals surface area (Å²) in [7, 11) is -6.43. The van der Waals surface area contributed by atoms with Gasteiger partial charge in [-0.3, -0.25) is 0 Å². The number of nitrogens with two attached hydrogens (primary N) is 1. The second-order valence-electron chi connectivity index (χ2n) is 4.24. The van der Waals surface area contributed by atoms with Gasteiger partial charge in [0.05, 0.1) is 0 Å². The molecule has 2 N–H and O–H groups in total. The molecule has 0 aliphatic heterocycles. The Bertz CT molecular complexity index is 663. The molecule has 8 heteroatoms. The summed E-state index contributed by atoms with van der Waals surface area (Å²) in [4.78, 5) is -0.626. The van der Waals surface area contributed by atoms with E-state index in [1.165, 1.54) is 35.6 Å². The van der Waals surface area contributed by atoms with Crippen molar-refractivity contribution in [3.8, 4) is 0 Å². The van der Waals surface area contributed by atoms with E-state index >= 15 is 0 Å². The first-order valence-corrected chi connectivity index (χ1v) is 8.33. The molecule has 0 atom stereocenters. The van der Waals surface area contributed by atoms with Crippen LogP contribution in [0.15, 0.2) is 34.1 Å². The lowest BCUT2D eigenvalue weighted by molar-refractivity contribution is 0.462. The number of sulfonamides is 2. The van der Waals surface area contributed by atoms with E-state index in [0.29, 0.717) is 0 Å². The van der Waals surface area contributed by atoms with Crippen LogP contribution in [0.4, 0.5) is 0 Å². The van der Waals surface area contributed by atoms with Crippen molar-refractivity contribution in [1.29, 1.82) is 0 Å². The van der Waals surface area contributed by atoms with Gasteiger partial charge in [-0.2, -0.15) is 4.31 Å². The van der Waals surface area contributed by atoms with Crippen LogP contribution in [0.25, 0.3) is 0 Å². The third-order valence-corrected chi connectivity index (χ3v) is 5.94. The number of hydrogen-bond acceptors (Lipinski definition) is 4. The van der Waals surface area contributed by atoms with E-state index in [9.17, 15) is 16.8 Å². The lowest BCUT2D eigenvalue weighted by Crippen LogP contribution is -2.30. The van der Waals surface area contributed by atoms with E-state index in [0.717, 1.165) is 12.8 Å². The van der Waals surface area contributed by atoms with Crippen molar-refractivity contribution >= 4 is 20.0 Å². The lowest BCUT2D eigenvalue weighted by Gasteiger charge is -2.17. The van der Waals surface area contributed by atoms with Crippen molar-refractivity contribution in [2.75, 3.05) is 7.05 Å². The fourth-order valence-electron chi connectivity index (χ4n) is 1.69. The van der Waals surface area contributed by atoms with E-state index in [1.54, 1.807) is 0 Å². The molecule has 0 spiro atoms. The maximum absolute atomic E-state index is 12.3. The molecule has 18 heavy (non-hydrogen) atoms. The average molecular weight is 290 g/mol. The predicted molar refractivity (Wildman–Crippen MR) is 65.8 cm³/mol. The van der Waals surface area contributed by atoms with Gasteiger partial charge in [-0.15, -0.1) is 0 Å². The molecule has 0 unspecified atom stereocenters. The van der Waals surface area contributed by atoms with Crippen LogP contribution in [0.3, 0.4) is 0 Å². The van der Waals surface area contributed by atoms with Gasteiger partial charge in [0, 0.05) is 13.1 Å². The summed E-state index contributed by atoms with van der Waals surface area (Å²) in [5.74, 6) is 0. The third-order valence-electron chi connectivity index (χ3n) is 2.87. The van der Waals surface area contributed by atoms with Gasteiger partial charge < -0.3 is 0 Å². The van der Waals surface area contributed by atoms with E-state index in [2.05, 4.69) is 0 Å². The minimum atomic E-state index is -4.06. The summed E-state index contributed by atoms with van der Waals surface area (Å²) in [6.07, 6.45) is 1.60. The van der Waals surface area contributed by atoms with E-state index in [1.807, 2.05) is 0 Å². The van der Waals surface area contributed by atoms with E-state index in [4.69, 9.17) is 5.14 Å². The highest BCUT2D eigenvalue weighted by Crippen LogP contribution is 2.32. The van der Waals surface area contributed by atoms with Gasteiger partial charge >= 0.3 is 0 Å². The Labute approximate surface area is 107 Å². The standard InChI is InChI=1S/C10H14N2O4S2/c1-12(8-6-7-8)18(15,16)10-5-3-2-4-9(10)17(11,13)14/h2-5,8H,6-7H2,1H3,(H2,11,13,14). The van der Waals surface area contributed by atoms with Crippen LogP contribution in [0, 0.1) is 0 Å². The minimum Gasteiger partial charge on any atom is -0.225 e. The van der Waals surface area contributed by atoms with Gasteiger partial charge in [-0.05, 0) is 25.0 Å². The largest absolute Gasteiger partial charge is 0.244 e. The molecule has 0 amide bonds. The number of nitrogens with zero attached hydrogens (tertiary/aromatic N) is 1. The van der Waals surface area contributed by atoms with Crippen LogP contribution < -0.4 is 5.14 Å². The summed E-state index contributed by atoms with van der Waals surface area (Å²) in [5.41, 5.74) is 0. The molecular formula is C10H14N2O4S2. The van der Waals surface area contributed by atoms with Gasteiger partial charge in [0.25, 0.3) is 0 Å². The van der Waals surface area contributed by atoms with Crippen molar-refractivity contribution in [2.45, 2.75) is 28.7 Å². The Balaban J connectivity index is 2.58. The molecule has 1 aliphatic carbocycles. The Hall–Kier alpha value is -0.960. The molecule has 1 aromatic carbocycles. The molecule has 0 heterocycles. The second kappa shape index (κ2) is 4.30. The molecule has 2 rings (SSSR count). The first-order chi connectivity index (χ1) is 8.24. The fourth-order valence-corrected chi connectivity index (χ4v) is 4.46. The summed E-state index contributed by atoms with van der Waals surface area (Å²) >= 11 is 0. The molecule has 0 aromatic heterocycles. The third kappa shape index (κ3) is 2.41. The number of hydrogen-bond donors (Lipinski definition) is 1. The van der Waals surface area contributed by atoms with E-state index in [-0.39, 0.29) is 15.8 Å². The monoisotopic (exact) mass is 290 g/mol. The van der Waals surface area contributed by atoms with Crippen LogP contribution >= 0.6 is 0 Å². The molecule has 1 fully saturated rings. The van der Waals surface area contributed by atoms with Crippen molar-refractivity contribution < 1.29 is 16.8 Å². The highest BCUT2D eigenvalue weighted by Gasteiger charge is 2.37. The van der Waals surface area contributed by atoms with Crippen LogP contribution in [0.2, 0.25) is 0 Å². The molecule has 0 radical (unpaired) electrons. The molecule has 1 saturated carbocycles. The Morgan fingerprint density at radius 2 is 1.61 bits per heavy atom. The highest BCUT2D eigenvalue weighted by molar-refractivity contribution is 7.92. The molecule has 100 valence electrons. The normalized spacial score (nSPS) is 17.1. The zero-order chi connectivity index (χ0) is 13.6. The summed E-state index contributed by atoms with van der Waals surface area (Å²) in [6.45, 7) is 0. The van der Waals surface area contributed by atoms with Crippen LogP contribution in [0.5, 0.6) is 0 Å². The van der Waals surface area contributed by atoms with Crippen molar-refractivity contribution in [3.63, 3.8) is 0 Å². The number of primary sulfonamides is 1. The number of benzene rings is 1. The Morgan fingerprint density at radius 1 is 1.11 bits per heavy atom. The maximum Gasteiger partial charge on any atom is 0.244 e. The Morgan fingerprint density at radius 3 is 2.06 bits per heavy atom. The van der Waals surface area contributed by atoms with Crippen LogP contribution in [-0.2, 0) is 20.0 Å². The molecule has 6 nitrogen and oxygen atoms in total. The average Bonchev–Trinajstić information content (AvgIpc) is 3.10. The molecule has 0 saturated heterocycles. The van der Waals surface area contributed by atoms with E-state index < -0.39 is 20.0 Å². The molecular weight excluding hydrogens is 276 g/mol. The van der Waals surface area contributed by atoms with Crippen molar-refractivity contribution in [1.82, 2.24) is 4.31 Å². The van der Waals surface area contributed by atoms with Gasteiger partial charge in [0.1, 0.15) is 9.79 Å². The fraction of sp³-hybridized carbons (Fsp3) is 0.400. The summed E-state index contributed by atoms with van der Waals surface area (Å²) in [5, 5.41) is 5.04. The van der Waals surface area contributed by atoms with Crippen molar-refractivity contribution in [2.24, 2.45) is 5.14 Å². The molecule has 1 aliphatic rings. The minimum absolute atomic E-state index is 0.0384. The highest BCUT2D eigenvalue weighted by atomic mass is 32.2.